The summed E-state index contributed by atoms with van der Waals surface area (Å²) >= 11 is 0. The molecule has 2 N–H and O–H groups in total. The summed E-state index contributed by atoms with van der Waals surface area (Å²) in [7, 11) is -1.70. The predicted octanol–water partition coefficient (Wildman–Crippen LogP) is 1.34. The van der Waals surface area contributed by atoms with Crippen LogP contribution in [0.5, 0.6) is 0 Å². The number of nitrogens with zero attached hydrogens (tertiary/aromatic N) is 2. The van der Waals surface area contributed by atoms with Crippen LogP contribution < -0.4 is 5.32 Å². The average Bonchev–Trinajstić information content (AvgIpc) is 2.95. The van der Waals surface area contributed by atoms with E-state index in [1.165, 1.54) is 10.5 Å². The van der Waals surface area contributed by atoms with Gasteiger partial charge in [0, 0.05) is 31.2 Å². The number of pyridine rings is 1. The molecule has 0 amide bonds. The van der Waals surface area contributed by atoms with Crippen molar-refractivity contribution in [1.82, 2.24) is 19.6 Å². The molecule has 114 valence electrons. The van der Waals surface area contributed by atoms with Crippen LogP contribution in [0, 0.1) is 0 Å². The van der Waals surface area contributed by atoms with Crippen molar-refractivity contribution in [3.63, 3.8) is 0 Å². The van der Waals surface area contributed by atoms with Crippen molar-refractivity contribution >= 4 is 10.0 Å². The lowest BCUT2D eigenvalue weighted by molar-refractivity contribution is 0.419. The molecule has 0 saturated heterocycles. The Morgan fingerprint density at radius 1 is 1.38 bits per heavy atom. The number of hydrogen-bond donors (Lipinski definition) is 2. The maximum atomic E-state index is 12.6. The zero-order chi connectivity index (χ0) is 15.3. The highest BCUT2D eigenvalue weighted by Crippen LogP contribution is 2.18. The lowest BCUT2D eigenvalue weighted by Gasteiger charge is -2.19. The minimum absolute atomic E-state index is 0.270. The first kappa shape index (κ1) is 15.7. The topological polar surface area (TPSA) is 78.1 Å². The largest absolute Gasteiger partial charge is 0.363 e. The fourth-order valence-electron chi connectivity index (χ4n) is 2.05. The Hall–Kier alpha value is -1.70. The van der Waals surface area contributed by atoms with Crippen molar-refractivity contribution in [2.75, 3.05) is 13.6 Å². The normalized spacial score (nSPS) is 12.0. The SMILES string of the molecule is CCN(Cc1ccccn1)S(=O)(=O)c1c[nH]c(CNC)c1. The minimum atomic E-state index is -3.51. The molecule has 0 spiro atoms. The van der Waals surface area contributed by atoms with Crippen LogP contribution in [-0.4, -0.2) is 36.3 Å². The van der Waals surface area contributed by atoms with E-state index in [1.807, 2.05) is 32.2 Å². The van der Waals surface area contributed by atoms with Crippen molar-refractivity contribution in [3.8, 4) is 0 Å². The molecule has 0 radical (unpaired) electrons. The Bertz CT molecular complexity index is 667. The Balaban J connectivity index is 2.22. The van der Waals surface area contributed by atoms with E-state index in [2.05, 4.69) is 15.3 Å². The molecule has 2 rings (SSSR count). The number of hydrogen-bond acceptors (Lipinski definition) is 4. The summed E-state index contributed by atoms with van der Waals surface area (Å²) in [6.07, 6.45) is 3.19. The summed E-state index contributed by atoms with van der Waals surface area (Å²) in [4.78, 5) is 7.44. The summed E-state index contributed by atoms with van der Waals surface area (Å²) in [5, 5.41) is 2.98. The lowest BCUT2D eigenvalue weighted by Crippen LogP contribution is -2.30. The van der Waals surface area contributed by atoms with E-state index >= 15 is 0 Å². The number of rotatable bonds is 7. The van der Waals surface area contributed by atoms with Gasteiger partial charge in [-0.25, -0.2) is 8.42 Å². The van der Waals surface area contributed by atoms with Gasteiger partial charge in [-0.15, -0.1) is 0 Å². The Morgan fingerprint density at radius 3 is 2.81 bits per heavy atom. The molecule has 6 nitrogen and oxygen atoms in total. The molecule has 0 atom stereocenters. The van der Waals surface area contributed by atoms with E-state index in [1.54, 1.807) is 12.3 Å². The Labute approximate surface area is 125 Å². The predicted molar refractivity (Wildman–Crippen MR) is 81.1 cm³/mol. The van der Waals surface area contributed by atoms with Gasteiger partial charge in [0.25, 0.3) is 0 Å². The molecule has 0 unspecified atom stereocenters. The third-order valence-electron chi connectivity index (χ3n) is 3.14. The summed E-state index contributed by atoms with van der Waals surface area (Å²) in [5.41, 5.74) is 1.57. The van der Waals surface area contributed by atoms with E-state index in [4.69, 9.17) is 0 Å². The second kappa shape index (κ2) is 6.84. The van der Waals surface area contributed by atoms with Crippen LogP contribution in [-0.2, 0) is 23.1 Å². The zero-order valence-corrected chi connectivity index (χ0v) is 13.0. The number of H-pyrrole nitrogens is 1. The minimum Gasteiger partial charge on any atom is -0.363 e. The third kappa shape index (κ3) is 3.69. The second-order valence-electron chi connectivity index (χ2n) is 4.64. The van der Waals surface area contributed by atoms with Crippen molar-refractivity contribution in [1.29, 1.82) is 0 Å². The van der Waals surface area contributed by atoms with E-state index < -0.39 is 10.0 Å². The standard InChI is InChI=1S/C14H20N4O2S/c1-3-18(11-12-6-4-5-7-16-12)21(19,20)14-8-13(9-15-2)17-10-14/h4-8,10,15,17H,3,9,11H2,1-2H3. The molecule has 2 aromatic rings. The lowest BCUT2D eigenvalue weighted by atomic mass is 10.3. The van der Waals surface area contributed by atoms with E-state index in [0.29, 0.717) is 13.1 Å². The van der Waals surface area contributed by atoms with Crippen molar-refractivity contribution in [2.45, 2.75) is 24.9 Å². The molecule has 0 bridgehead atoms. The van der Waals surface area contributed by atoms with Gasteiger partial charge in [-0.1, -0.05) is 13.0 Å². The molecule has 0 aliphatic heterocycles. The highest BCUT2D eigenvalue weighted by atomic mass is 32.2. The molecular weight excluding hydrogens is 288 g/mol. The van der Waals surface area contributed by atoms with Gasteiger partial charge in [-0.2, -0.15) is 4.31 Å². The fraction of sp³-hybridized carbons (Fsp3) is 0.357. The first-order valence-electron chi connectivity index (χ1n) is 6.80. The summed E-state index contributed by atoms with van der Waals surface area (Å²) in [6.45, 7) is 3.08. The van der Waals surface area contributed by atoms with Crippen LogP contribution in [0.4, 0.5) is 0 Å². The van der Waals surface area contributed by atoms with Gasteiger partial charge in [0.1, 0.15) is 0 Å². The third-order valence-corrected chi connectivity index (χ3v) is 5.04. The molecule has 2 heterocycles. The number of aromatic nitrogens is 2. The highest BCUT2D eigenvalue weighted by Gasteiger charge is 2.24. The molecular formula is C14H20N4O2S. The molecule has 0 aliphatic carbocycles. The van der Waals surface area contributed by atoms with Crippen LogP contribution in [0.1, 0.15) is 18.3 Å². The average molecular weight is 308 g/mol. The van der Waals surface area contributed by atoms with Crippen molar-refractivity contribution in [3.05, 3.63) is 48.0 Å². The summed E-state index contributed by atoms with van der Waals surface area (Å²) in [6, 6.07) is 7.14. The quantitative estimate of drug-likeness (QED) is 0.809. The van der Waals surface area contributed by atoms with E-state index in [0.717, 1.165) is 11.4 Å². The van der Waals surface area contributed by atoms with Crippen LogP contribution in [0.25, 0.3) is 0 Å². The molecule has 0 fully saturated rings. The number of nitrogens with one attached hydrogen (secondary N) is 2. The van der Waals surface area contributed by atoms with Crippen LogP contribution in [0.3, 0.4) is 0 Å². The van der Waals surface area contributed by atoms with Gasteiger partial charge < -0.3 is 10.3 Å². The molecule has 7 heteroatoms. The maximum Gasteiger partial charge on any atom is 0.244 e. The van der Waals surface area contributed by atoms with Gasteiger partial charge in [0.2, 0.25) is 10.0 Å². The molecule has 21 heavy (non-hydrogen) atoms. The fourth-order valence-corrected chi connectivity index (χ4v) is 3.49. The first-order valence-corrected chi connectivity index (χ1v) is 8.24. The van der Waals surface area contributed by atoms with Gasteiger partial charge in [0.05, 0.1) is 17.1 Å². The smallest absolute Gasteiger partial charge is 0.244 e. The van der Waals surface area contributed by atoms with Crippen molar-refractivity contribution in [2.24, 2.45) is 0 Å². The van der Waals surface area contributed by atoms with Crippen LogP contribution >= 0.6 is 0 Å². The second-order valence-corrected chi connectivity index (χ2v) is 6.58. The van der Waals surface area contributed by atoms with E-state index in [9.17, 15) is 8.42 Å². The zero-order valence-electron chi connectivity index (χ0n) is 12.2. The molecule has 0 saturated carbocycles. The monoisotopic (exact) mass is 308 g/mol. The van der Waals surface area contributed by atoms with Gasteiger partial charge in [-0.3, -0.25) is 4.98 Å². The number of aromatic amines is 1. The number of sulfonamides is 1. The van der Waals surface area contributed by atoms with E-state index in [-0.39, 0.29) is 11.4 Å². The molecule has 0 aliphatic rings. The Kier molecular flexibility index (Phi) is 5.11. The highest BCUT2D eigenvalue weighted by molar-refractivity contribution is 7.89. The van der Waals surface area contributed by atoms with Gasteiger partial charge in [0.15, 0.2) is 0 Å². The molecule has 2 aromatic heterocycles. The Morgan fingerprint density at radius 2 is 2.19 bits per heavy atom. The maximum absolute atomic E-state index is 12.6. The van der Waals surface area contributed by atoms with Gasteiger partial charge >= 0.3 is 0 Å². The van der Waals surface area contributed by atoms with Crippen molar-refractivity contribution < 1.29 is 8.42 Å². The summed E-state index contributed by atoms with van der Waals surface area (Å²) in [5.74, 6) is 0. The van der Waals surface area contributed by atoms with Gasteiger partial charge in [-0.05, 0) is 25.2 Å². The first-order chi connectivity index (χ1) is 10.1. The molecule has 0 aromatic carbocycles. The van der Waals surface area contributed by atoms with Crippen LogP contribution in [0.15, 0.2) is 41.6 Å². The van der Waals surface area contributed by atoms with Crippen LogP contribution in [0.2, 0.25) is 0 Å². The summed E-state index contributed by atoms with van der Waals surface area (Å²) < 4.78 is 26.7.